The molecule has 0 aliphatic carbocycles. The highest BCUT2D eigenvalue weighted by Gasteiger charge is 2.49. The molecule has 13 heteroatoms. The number of halogens is 3. The first kappa shape index (κ1) is 24.1. The Labute approximate surface area is 183 Å². The molecule has 0 radical (unpaired) electrons. The summed E-state index contributed by atoms with van der Waals surface area (Å²) < 4.78 is 74.0. The highest BCUT2D eigenvalue weighted by atomic mass is 32.2. The van der Waals surface area contributed by atoms with Gasteiger partial charge in [0.25, 0.3) is 5.91 Å². The summed E-state index contributed by atoms with van der Waals surface area (Å²) in [7, 11) is -3.82. The molecule has 0 unspecified atom stereocenters. The molecule has 0 saturated carbocycles. The van der Waals surface area contributed by atoms with E-state index in [1.165, 1.54) is 28.6 Å². The van der Waals surface area contributed by atoms with Gasteiger partial charge in [0.05, 0.1) is 5.75 Å². The van der Waals surface area contributed by atoms with Crippen LogP contribution in [-0.4, -0.2) is 67.9 Å². The van der Waals surface area contributed by atoms with Crippen molar-refractivity contribution in [3.63, 3.8) is 0 Å². The number of hydrogen-bond donors (Lipinski definition) is 2. The normalized spacial score (nSPS) is 23.0. The molecular formula is C19H24F3N3O6S. The van der Waals surface area contributed by atoms with Gasteiger partial charge in [-0.25, -0.2) is 17.5 Å². The predicted molar refractivity (Wildman–Crippen MR) is 107 cm³/mol. The number of amides is 3. The summed E-state index contributed by atoms with van der Waals surface area (Å²) in [6.45, 7) is 0.593. The summed E-state index contributed by atoms with van der Waals surface area (Å²) in [5, 5.41) is 4.50. The minimum absolute atomic E-state index is 0.0588. The molecule has 0 spiro atoms. The molecule has 2 saturated heterocycles. The summed E-state index contributed by atoms with van der Waals surface area (Å²) in [5.74, 6) is -0.696. The highest BCUT2D eigenvalue weighted by molar-refractivity contribution is 7.89. The fraction of sp³-hybridized carbons (Fsp3) is 0.579. The number of sulfonamides is 1. The van der Waals surface area contributed by atoms with Crippen LogP contribution in [0.2, 0.25) is 0 Å². The van der Waals surface area contributed by atoms with Crippen molar-refractivity contribution in [3.8, 4) is 11.5 Å². The zero-order valence-electron chi connectivity index (χ0n) is 17.3. The first-order valence-corrected chi connectivity index (χ1v) is 11.6. The lowest BCUT2D eigenvalue weighted by molar-refractivity contribution is -0.153. The molecule has 3 amide bonds. The molecule has 178 valence electrons. The Hall–Kier alpha value is -2.54. The zero-order chi connectivity index (χ0) is 23.6. The van der Waals surface area contributed by atoms with Crippen LogP contribution >= 0.6 is 0 Å². The Bertz CT molecular complexity index is 946. The molecule has 2 aliphatic rings. The van der Waals surface area contributed by atoms with Crippen molar-refractivity contribution in [1.82, 2.24) is 14.9 Å². The summed E-state index contributed by atoms with van der Waals surface area (Å²) in [4.78, 5) is 23.6. The van der Waals surface area contributed by atoms with E-state index in [9.17, 15) is 31.2 Å². The summed E-state index contributed by atoms with van der Waals surface area (Å²) in [5.41, 5.74) is -1.49. The number of benzene rings is 1. The molecule has 1 aromatic rings. The Morgan fingerprint density at radius 1 is 1.12 bits per heavy atom. The molecule has 9 nitrogen and oxygen atoms in total. The number of ether oxygens (including phenoxy) is 2. The number of urea groups is 1. The van der Waals surface area contributed by atoms with Crippen molar-refractivity contribution >= 4 is 22.0 Å². The van der Waals surface area contributed by atoms with Crippen molar-refractivity contribution in [3.05, 3.63) is 24.3 Å². The lowest BCUT2D eigenvalue weighted by atomic mass is 10.00. The zero-order valence-corrected chi connectivity index (χ0v) is 18.1. The van der Waals surface area contributed by atoms with Crippen LogP contribution in [-0.2, 0) is 14.8 Å². The Morgan fingerprint density at radius 3 is 2.22 bits per heavy atom. The molecule has 1 atom stereocenters. The topological polar surface area (TPSA) is 114 Å². The summed E-state index contributed by atoms with van der Waals surface area (Å²) >= 11 is 0. The second-order valence-corrected chi connectivity index (χ2v) is 9.66. The minimum Gasteiger partial charge on any atom is -0.490 e. The van der Waals surface area contributed by atoms with E-state index in [1.807, 2.05) is 0 Å². The molecule has 3 rings (SSSR count). The first-order chi connectivity index (χ1) is 14.9. The molecule has 2 aliphatic heterocycles. The quantitative estimate of drug-likeness (QED) is 0.550. The van der Waals surface area contributed by atoms with Crippen molar-refractivity contribution in [1.29, 1.82) is 0 Å². The number of nitrogens with zero attached hydrogens (tertiary/aromatic N) is 1. The number of imide groups is 1. The average molecular weight is 479 g/mol. The van der Waals surface area contributed by atoms with Gasteiger partial charge in [0, 0.05) is 13.1 Å². The van der Waals surface area contributed by atoms with E-state index in [-0.39, 0.29) is 31.4 Å². The maximum atomic E-state index is 12.9. The second-order valence-electron chi connectivity index (χ2n) is 7.69. The first-order valence-electron chi connectivity index (χ1n) is 10.0. The number of alkyl halides is 3. The van der Waals surface area contributed by atoms with Crippen molar-refractivity contribution < 1.29 is 40.7 Å². The van der Waals surface area contributed by atoms with E-state index < -0.39 is 46.0 Å². The summed E-state index contributed by atoms with van der Waals surface area (Å²) in [6, 6.07) is 4.99. The number of rotatable bonds is 8. The van der Waals surface area contributed by atoms with Crippen molar-refractivity contribution in [2.75, 3.05) is 25.4 Å². The fourth-order valence-corrected chi connectivity index (χ4v) is 5.56. The van der Waals surface area contributed by atoms with Crippen molar-refractivity contribution in [2.45, 2.75) is 44.0 Å². The third-order valence-corrected chi connectivity index (χ3v) is 7.38. The van der Waals surface area contributed by atoms with Gasteiger partial charge in [-0.3, -0.25) is 10.1 Å². The second kappa shape index (κ2) is 9.14. The number of carbonyl (C=O) groups is 2. The monoisotopic (exact) mass is 479 g/mol. The van der Waals surface area contributed by atoms with Gasteiger partial charge in [-0.15, -0.1) is 0 Å². The number of carbonyl (C=O) groups excluding carboxylic acids is 2. The van der Waals surface area contributed by atoms with Gasteiger partial charge in [0.1, 0.15) is 23.1 Å². The van der Waals surface area contributed by atoms with Gasteiger partial charge in [0.2, 0.25) is 10.0 Å². The SMILES string of the molecule is CC[C@]1(CS(=O)(=O)N2CCC(Oc3ccc(OCC(F)(F)F)cc3)CC2)NC(=O)NC1=O. The lowest BCUT2D eigenvalue weighted by Gasteiger charge is -2.34. The molecule has 0 bridgehead atoms. The maximum Gasteiger partial charge on any atom is 0.422 e. The third-order valence-electron chi connectivity index (χ3n) is 5.37. The standard InChI is InChI=1S/C19H24F3N3O6S/c1-2-18(16(26)23-17(27)24-18)12-32(28,29)25-9-7-15(8-10-25)31-14-5-3-13(4-6-14)30-11-19(20,21)22/h3-6,15H,2,7-12H2,1H3,(H2,23,24,26,27)/t18-/m1/s1. The van der Waals surface area contributed by atoms with Crippen LogP contribution in [0.1, 0.15) is 26.2 Å². The van der Waals surface area contributed by atoms with Crippen molar-refractivity contribution in [2.24, 2.45) is 0 Å². The van der Waals surface area contributed by atoms with Crippen LogP contribution in [0.15, 0.2) is 24.3 Å². The highest BCUT2D eigenvalue weighted by Crippen LogP contribution is 2.26. The molecular weight excluding hydrogens is 455 g/mol. The lowest BCUT2D eigenvalue weighted by Crippen LogP contribution is -2.55. The smallest absolute Gasteiger partial charge is 0.422 e. The van der Waals surface area contributed by atoms with Gasteiger partial charge in [-0.05, 0) is 43.5 Å². The van der Waals surface area contributed by atoms with Gasteiger partial charge in [-0.1, -0.05) is 6.92 Å². The fourth-order valence-electron chi connectivity index (χ4n) is 3.58. The molecule has 1 aromatic carbocycles. The maximum absolute atomic E-state index is 12.9. The molecule has 0 aromatic heterocycles. The molecule has 2 fully saturated rings. The predicted octanol–water partition coefficient (Wildman–Crippen LogP) is 1.79. The Kier molecular flexibility index (Phi) is 6.89. The largest absolute Gasteiger partial charge is 0.490 e. The third kappa shape index (κ3) is 5.82. The number of hydrogen-bond acceptors (Lipinski definition) is 6. The van der Waals surface area contributed by atoms with Crippen LogP contribution in [0.3, 0.4) is 0 Å². The molecule has 32 heavy (non-hydrogen) atoms. The Morgan fingerprint density at radius 2 is 1.72 bits per heavy atom. The van der Waals surface area contributed by atoms with Crippen LogP contribution in [0.4, 0.5) is 18.0 Å². The minimum atomic E-state index is -4.42. The van der Waals surface area contributed by atoms with E-state index in [0.29, 0.717) is 18.6 Å². The number of piperidine rings is 1. The van der Waals surface area contributed by atoms with E-state index in [0.717, 1.165) is 0 Å². The van der Waals surface area contributed by atoms with E-state index >= 15 is 0 Å². The van der Waals surface area contributed by atoms with Gasteiger partial charge in [0.15, 0.2) is 6.61 Å². The van der Waals surface area contributed by atoms with E-state index in [1.54, 1.807) is 6.92 Å². The molecule has 2 heterocycles. The molecule has 2 N–H and O–H groups in total. The Balaban J connectivity index is 1.52. The van der Waals surface area contributed by atoms with Gasteiger partial charge < -0.3 is 14.8 Å². The van der Waals surface area contributed by atoms with Crippen LogP contribution in [0.25, 0.3) is 0 Å². The van der Waals surface area contributed by atoms with E-state index in [4.69, 9.17) is 4.74 Å². The van der Waals surface area contributed by atoms with Gasteiger partial charge >= 0.3 is 12.2 Å². The summed E-state index contributed by atoms with van der Waals surface area (Å²) in [6.07, 6.45) is -3.79. The van der Waals surface area contributed by atoms with Crippen LogP contribution in [0.5, 0.6) is 11.5 Å². The van der Waals surface area contributed by atoms with Crippen LogP contribution in [0, 0.1) is 0 Å². The average Bonchev–Trinajstić information content (AvgIpc) is 3.00. The van der Waals surface area contributed by atoms with E-state index in [2.05, 4.69) is 15.4 Å². The van der Waals surface area contributed by atoms with Gasteiger partial charge in [-0.2, -0.15) is 13.2 Å². The number of nitrogens with one attached hydrogen (secondary N) is 2. The van der Waals surface area contributed by atoms with Crippen LogP contribution < -0.4 is 20.1 Å².